The van der Waals surface area contributed by atoms with Crippen molar-refractivity contribution in [2.24, 2.45) is 0 Å². The summed E-state index contributed by atoms with van der Waals surface area (Å²) in [4.78, 5) is 28.4. The second-order valence-electron chi connectivity index (χ2n) is 5.74. The predicted molar refractivity (Wildman–Crippen MR) is 87.3 cm³/mol. The maximum atomic E-state index is 12.6. The summed E-state index contributed by atoms with van der Waals surface area (Å²) >= 11 is 0. The first-order valence-electron chi connectivity index (χ1n) is 7.87. The van der Waals surface area contributed by atoms with Gasteiger partial charge in [0.2, 0.25) is 0 Å². The van der Waals surface area contributed by atoms with Crippen LogP contribution in [0.25, 0.3) is 0 Å². The Morgan fingerprint density at radius 1 is 1.17 bits per heavy atom. The van der Waals surface area contributed by atoms with E-state index in [-0.39, 0.29) is 11.7 Å². The van der Waals surface area contributed by atoms with Crippen LogP contribution in [-0.2, 0) is 16.1 Å². The van der Waals surface area contributed by atoms with Gasteiger partial charge in [-0.15, -0.1) is 0 Å². The molecule has 1 saturated heterocycles. The summed E-state index contributed by atoms with van der Waals surface area (Å²) in [7, 11) is 1.34. The number of piperazine rings is 1. The molecule has 0 radical (unpaired) electrons. The molecule has 1 aromatic heterocycles. The summed E-state index contributed by atoms with van der Waals surface area (Å²) in [5, 5.41) is 0. The number of hydrogen-bond donors (Lipinski definition) is 0. The molecular formula is C18H20N2O4. The van der Waals surface area contributed by atoms with Crippen LogP contribution in [0, 0.1) is 0 Å². The highest BCUT2D eigenvalue weighted by Crippen LogP contribution is 2.17. The third-order valence-electron chi connectivity index (χ3n) is 4.18. The van der Waals surface area contributed by atoms with Crippen LogP contribution in [0.1, 0.15) is 16.1 Å². The van der Waals surface area contributed by atoms with Gasteiger partial charge in [0.05, 0.1) is 13.4 Å². The molecule has 1 atom stereocenters. The molecule has 2 aromatic rings. The summed E-state index contributed by atoms with van der Waals surface area (Å²) in [6, 6.07) is 12.7. The fourth-order valence-corrected chi connectivity index (χ4v) is 2.95. The Bertz CT molecular complexity index is 684. The third kappa shape index (κ3) is 3.49. The van der Waals surface area contributed by atoms with Gasteiger partial charge in [0.25, 0.3) is 5.91 Å². The van der Waals surface area contributed by atoms with Crippen LogP contribution in [0.4, 0.5) is 0 Å². The molecular weight excluding hydrogens is 308 g/mol. The Hall–Kier alpha value is -2.60. The van der Waals surface area contributed by atoms with Gasteiger partial charge in [0.1, 0.15) is 6.04 Å². The second-order valence-corrected chi connectivity index (χ2v) is 5.74. The quantitative estimate of drug-likeness (QED) is 0.801. The van der Waals surface area contributed by atoms with Crippen LogP contribution in [-0.4, -0.2) is 54.5 Å². The zero-order valence-electron chi connectivity index (χ0n) is 13.6. The largest absolute Gasteiger partial charge is 0.467 e. The molecule has 126 valence electrons. The number of rotatable bonds is 4. The molecule has 0 bridgehead atoms. The molecule has 1 amide bonds. The van der Waals surface area contributed by atoms with Crippen LogP contribution >= 0.6 is 0 Å². The highest BCUT2D eigenvalue weighted by atomic mass is 16.5. The van der Waals surface area contributed by atoms with E-state index in [9.17, 15) is 9.59 Å². The van der Waals surface area contributed by atoms with E-state index in [0.717, 1.165) is 6.54 Å². The first-order valence-corrected chi connectivity index (χ1v) is 7.87. The standard InChI is InChI=1S/C18H20N2O4/c1-23-18(22)15-13-19(12-14-6-3-2-4-7-14)9-10-20(15)17(21)16-8-5-11-24-16/h2-8,11,15H,9-10,12-13H2,1H3. The average Bonchev–Trinajstić information content (AvgIpc) is 3.16. The Balaban J connectivity index is 1.73. The van der Waals surface area contributed by atoms with Gasteiger partial charge in [0, 0.05) is 26.2 Å². The van der Waals surface area contributed by atoms with Crippen molar-refractivity contribution in [1.82, 2.24) is 9.80 Å². The van der Waals surface area contributed by atoms with E-state index in [4.69, 9.17) is 9.15 Å². The minimum atomic E-state index is -0.634. The fourth-order valence-electron chi connectivity index (χ4n) is 2.95. The number of furan rings is 1. The normalized spacial score (nSPS) is 18.4. The van der Waals surface area contributed by atoms with Crippen molar-refractivity contribution in [1.29, 1.82) is 0 Å². The molecule has 6 heteroatoms. The first kappa shape index (κ1) is 16.3. The van der Waals surface area contributed by atoms with Crippen molar-refractivity contribution in [3.05, 3.63) is 60.1 Å². The molecule has 1 aliphatic heterocycles. The Morgan fingerprint density at radius 3 is 2.62 bits per heavy atom. The number of ether oxygens (including phenoxy) is 1. The number of esters is 1. The van der Waals surface area contributed by atoms with E-state index in [1.807, 2.05) is 30.3 Å². The van der Waals surface area contributed by atoms with Gasteiger partial charge in [-0.1, -0.05) is 30.3 Å². The summed E-state index contributed by atoms with van der Waals surface area (Å²) in [6.07, 6.45) is 1.45. The van der Waals surface area contributed by atoms with Gasteiger partial charge >= 0.3 is 5.97 Å². The molecule has 6 nitrogen and oxygen atoms in total. The SMILES string of the molecule is COC(=O)C1CN(Cc2ccccc2)CCN1C(=O)c1ccco1. The zero-order valence-corrected chi connectivity index (χ0v) is 13.6. The average molecular weight is 328 g/mol. The van der Waals surface area contributed by atoms with Gasteiger partial charge in [-0.3, -0.25) is 9.69 Å². The fraction of sp³-hybridized carbons (Fsp3) is 0.333. The van der Waals surface area contributed by atoms with E-state index in [1.54, 1.807) is 12.1 Å². The number of carbonyl (C=O) groups is 2. The monoisotopic (exact) mass is 328 g/mol. The summed E-state index contributed by atoms with van der Waals surface area (Å²) in [5.74, 6) is -0.456. The van der Waals surface area contributed by atoms with Gasteiger partial charge < -0.3 is 14.1 Å². The van der Waals surface area contributed by atoms with Crippen LogP contribution in [0.2, 0.25) is 0 Å². The highest BCUT2D eigenvalue weighted by molar-refractivity contribution is 5.94. The summed E-state index contributed by atoms with van der Waals surface area (Å²) in [5.41, 5.74) is 1.17. The Kier molecular flexibility index (Phi) is 4.96. The molecule has 0 spiro atoms. The van der Waals surface area contributed by atoms with E-state index < -0.39 is 12.0 Å². The number of hydrogen-bond acceptors (Lipinski definition) is 5. The van der Waals surface area contributed by atoms with Crippen molar-refractivity contribution in [2.45, 2.75) is 12.6 Å². The van der Waals surface area contributed by atoms with Gasteiger partial charge in [-0.05, 0) is 17.7 Å². The first-order chi connectivity index (χ1) is 11.7. The molecule has 0 aliphatic carbocycles. The highest BCUT2D eigenvalue weighted by Gasteiger charge is 2.37. The lowest BCUT2D eigenvalue weighted by Gasteiger charge is -2.39. The number of nitrogens with zero attached hydrogens (tertiary/aromatic N) is 2. The van der Waals surface area contributed by atoms with Gasteiger partial charge in [-0.25, -0.2) is 4.79 Å². The Labute approximate surface area is 140 Å². The summed E-state index contributed by atoms with van der Waals surface area (Å²) < 4.78 is 10.1. The van der Waals surface area contributed by atoms with Gasteiger partial charge in [0.15, 0.2) is 5.76 Å². The number of carbonyl (C=O) groups excluding carboxylic acids is 2. The maximum Gasteiger partial charge on any atom is 0.329 e. The van der Waals surface area contributed by atoms with Crippen LogP contribution in [0.3, 0.4) is 0 Å². The van der Waals surface area contributed by atoms with E-state index >= 15 is 0 Å². The van der Waals surface area contributed by atoms with Crippen molar-refractivity contribution in [2.75, 3.05) is 26.7 Å². The minimum Gasteiger partial charge on any atom is -0.467 e. The number of methoxy groups -OCH3 is 1. The molecule has 2 heterocycles. The molecule has 1 fully saturated rings. The molecule has 0 N–H and O–H groups in total. The number of benzene rings is 1. The second kappa shape index (κ2) is 7.31. The van der Waals surface area contributed by atoms with E-state index in [2.05, 4.69) is 4.90 Å². The minimum absolute atomic E-state index is 0.236. The van der Waals surface area contributed by atoms with Crippen molar-refractivity contribution < 1.29 is 18.7 Å². The molecule has 0 saturated carbocycles. The van der Waals surface area contributed by atoms with Crippen LogP contribution in [0.15, 0.2) is 53.1 Å². The topological polar surface area (TPSA) is 63.0 Å². The Morgan fingerprint density at radius 2 is 1.96 bits per heavy atom. The lowest BCUT2D eigenvalue weighted by Crippen LogP contribution is -2.58. The maximum absolute atomic E-state index is 12.6. The molecule has 1 aliphatic rings. The smallest absolute Gasteiger partial charge is 0.329 e. The van der Waals surface area contributed by atoms with Gasteiger partial charge in [-0.2, -0.15) is 0 Å². The zero-order chi connectivity index (χ0) is 16.9. The summed E-state index contributed by atoms with van der Waals surface area (Å²) in [6.45, 7) is 2.31. The van der Waals surface area contributed by atoms with Crippen molar-refractivity contribution in [3.8, 4) is 0 Å². The van der Waals surface area contributed by atoms with Crippen molar-refractivity contribution >= 4 is 11.9 Å². The van der Waals surface area contributed by atoms with Crippen LogP contribution < -0.4 is 0 Å². The number of amides is 1. The lowest BCUT2D eigenvalue weighted by atomic mass is 10.1. The third-order valence-corrected chi connectivity index (χ3v) is 4.18. The predicted octanol–water partition coefficient (Wildman–Crippen LogP) is 1.78. The van der Waals surface area contributed by atoms with Crippen molar-refractivity contribution in [3.63, 3.8) is 0 Å². The molecule has 1 aromatic carbocycles. The molecule has 24 heavy (non-hydrogen) atoms. The van der Waals surface area contributed by atoms with Crippen LogP contribution in [0.5, 0.6) is 0 Å². The lowest BCUT2D eigenvalue weighted by molar-refractivity contribution is -0.148. The molecule has 3 rings (SSSR count). The molecule has 1 unspecified atom stereocenters. The van der Waals surface area contributed by atoms with E-state index in [1.165, 1.54) is 23.8 Å². The van der Waals surface area contributed by atoms with E-state index in [0.29, 0.717) is 19.6 Å².